The molecule has 0 aromatic carbocycles. The number of nitrogens with zero attached hydrogens (tertiary/aromatic N) is 4. The molecule has 1 spiro atoms. The highest BCUT2D eigenvalue weighted by Crippen LogP contribution is 2.38. The van der Waals surface area contributed by atoms with E-state index >= 15 is 0 Å². The van der Waals surface area contributed by atoms with Crippen LogP contribution in [0.5, 0.6) is 0 Å². The van der Waals surface area contributed by atoms with Gasteiger partial charge in [0.1, 0.15) is 0 Å². The summed E-state index contributed by atoms with van der Waals surface area (Å²) in [4.78, 5) is 7.27. The fourth-order valence-electron chi connectivity index (χ4n) is 3.82. The number of aliphatic imine (C=N–C) groups is 1. The summed E-state index contributed by atoms with van der Waals surface area (Å²) in [6.07, 6.45) is 3.43. The Hall–Kier alpha value is -1.56. The van der Waals surface area contributed by atoms with Crippen LogP contribution in [0.4, 0.5) is 0 Å². The quantitative estimate of drug-likeness (QED) is 0.508. The third kappa shape index (κ3) is 3.91. The average Bonchev–Trinajstić information content (AvgIpc) is 3.26. The minimum absolute atomic E-state index is 0.375. The summed E-state index contributed by atoms with van der Waals surface area (Å²) in [6.45, 7) is 13.0. The first kappa shape index (κ1) is 17.3. The summed E-state index contributed by atoms with van der Waals surface area (Å²) in [6, 6.07) is 2.13. The second-order valence-corrected chi connectivity index (χ2v) is 7.21. The van der Waals surface area contributed by atoms with E-state index in [1.165, 1.54) is 18.5 Å². The van der Waals surface area contributed by atoms with Crippen LogP contribution in [0.1, 0.15) is 37.6 Å². The Bertz CT molecular complexity index is 574. The molecule has 1 atom stereocenters. The lowest BCUT2D eigenvalue weighted by molar-refractivity contribution is 0.156. The van der Waals surface area contributed by atoms with Gasteiger partial charge in [0.25, 0.3) is 0 Å². The van der Waals surface area contributed by atoms with Gasteiger partial charge in [-0.05, 0) is 46.1 Å². The second-order valence-electron chi connectivity index (χ2n) is 7.21. The third-order valence-corrected chi connectivity index (χ3v) is 5.15. The maximum absolute atomic E-state index is 5.63. The second kappa shape index (κ2) is 7.55. The average molecular weight is 333 g/mol. The summed E-state index contributed by atoms with van der Waals surface area (Å²) >= 11 is 0. The highest BCUT2D eigenvalue weighted by Gasteiger charge is 2.42. The van der Waals surface area contributed by atoms with Crippen molar-refractivity contribution in [3.8, 4) is 0 Å². The minimum Gasteiger partial charge on any atom is -0.381 e. The molecule has 2 fully saturated rings. The Morgan fingerprint density at radius 1 is 1.42 bits per heavy atom. The number of ether oxygens (including phenoxy) is 1. The molecule has 6 heteroatoms. The van der Waals surface area contributed by atoms with Gasteiger partial charge in [0, 0.05) is 50.4 Å². The summed E-state index contributed by atoms with van der Waals surface area (Å²) in [5, 5.41) is 7.97. The molecule has 0 amide bonds. The first-order valence-electron chi connectivity index (χ1n) is 9.24. The molecule has 2 aliphatic rings. The van der Waals surface area contributed by atoms with E-state index in [0.717, 1.165) is 64.0 Å². The molecule has 0 aliphatic carbocycles. The number of rotatable bonds is 5. The summed E-state index contributed by atoms with van der Waals surface area (Å²) in [7, 11) is 0. The number of hydrogen-bond donors (Lipinski definition) is 1. The highest BCUT2D eigenvalue weighted by atomic mass is 16.5. The fourth-order valence-corrected chi connectivity index (χ4v) is 3.82. The van der Waals surface area contributed by atoms with Gasteiger partial charge in [-0.25, -0.2) is 0 Å². The SMILES string of the molecule is CCNC(=NCCCn1nc(C)cc1C)N1CCC2(CCOC2)C1. The van der Waals surface area contributed by atoms with Crippen molar-refractivity contribution in [3.63, 3.8) is 0 Å². The summed E-state index contributed by atoms with van der Waals surface area (Å²) in [5.74, 6) is 1.06. The van der Waals surface area contributed by atoms with Crippen LogP contribution in [0.3, 0.4) is 0 Å². The van der Waals surface area contributed by atoms with Crippen LogP contribution in [0.25, 0.3) is 0 Å². The Balaban J connectivity index is 1.53. The van der Waals surface area contributed by atoms with Crippen LogP contribution in [-0.2, 0) is 11.3 Å². The maximum atomic E-state index is 5.63. The van der Waals surface area contributed by atoms with E-state index in [9.17, 15) is 0 Å². The molecule has 134 valence electrons. The zero-order chi connectivity index (χ0) is 17.0. The molecule has 1 aromatic rings. The van der Waals surface area contributed by atoms with Gasteiger partial charge in [0.15, 0.2) is 5.96 Å². The largest absolute Gasteiger partial charge is 0.381 e. The molecule has 2 aliphatic heterocycles. The molecule has 1 unspecified atom stereocenters. The van der Waals surface area contributed by atoms with Gasteiger partial charge in [-0.2, -0.15) is 5.10 Å². The highest BCUT2D eigenvalue weighted by molar-refractivity contribution is 5.80. The molecule has 0 bridgehead atoms. The molecule has 1 aromatic heterocycles. The van der Waals surface area contributed by atoms with Gasteiger partial charge >= 0.3 is 0 Å². The normalized spacial score (nSPS) is 24.3. The standard InChI is InChI=1S/C18H31N5O/c1-4-19-17(22-10-6-18(13-22)7-11-24-14-18)20-8-5-9-23-16(3)12-15(2)21-23/h12H,4-11,13-14H2,1-3H3,(H,19,20). The van der Waals surface area contributed by atoms with E-state index in [1.54, 1.807) is 0 Å². The molecule has 3 rings (SSSR count). The predicted molar refractivity (Wildman–Crippen MR) is 96.4 cm³/mol. The molecule has 6 nitrogen and oxygen atoms in total. The third-order valence-electron chi connectivity index (χ3n) is 5.15. The molecule has 2 saturated heterocycles. The molecule has 0 saturated carbocycles. The van der Waals surface area contributed by atoms with Crippen molar-refractivity contribution < 1.29 is 4.74 Å². The van der Waals surface area contributed by atoms with E-state index in [0.29, 0.717) is 5.41 Å². The Morgan fingerprint density at radius 2 is 2.29 bits per heavy atom. The van der Waals surface area contributed by atoms with Crippen LogP contribution in [0.15, 0.2) is 11.1 Å². The van der Waals surface area contributed by atoms with Crippen LogP contribution in [-0.4, -0.2) is 60.0 Å². The zero-order valence-corrected chi connectivity index (χ0v) is 15.3. The van der Waals surface area contributed by atoms with Crippen molar-refractivity contribution in [1.82, 2.24) is 20.0 Å². The lowest BCUT2D eigenvalue weighted by atomic mass is 9.87. The zero-order valence-electron chi connectivity index (χ0n) is 15.3. The molecule has 0 radical (unpaired) electrons. The van der Waals surface area contributed by atoms with E-state index in [1.807, 2.05) is 6.92 Å². The lowest BCUT2D eigenvalue weighted by Gasteiger charge is -2.25. The number of nitrogens with one attached hydrogen (secondary N) is 1. The molecule has 3 heterocycles. The van der Waals surface area contributed by atoms with Gasteiger partial charge in [-0.1, -0.05) is 0 Å². The number of aromatic nitrogens is 2. The maximum Gasteiger partial charge on any atom is 0.193 e. The number of aryl methyl sites for hydroxylation is 3. The summed E-state index contributed by atoms with van der Waals surface area (Å²) < 4.78 is 7.72. The molecular weight excluding hydrogens is 302 g/mol. The first-order chi connectivity index (χ1) is 11.6. The molecular formula is C18H31N5O. The van der Waals surface area contributed by atoms with E-state index in [-0.39, 0.29) is 0 Å². The topological polar surface area (TPSA) is 54.7 Å². The van der Waals surface area contributed by atoms with Crippen molar-refractivity contribution >= 4 is 5.96 Å². The Kier molecular flexibility index (Phi) is 5.43. The van der Waals surface area contributed by atoms with E-state index < -0.39 is 0 Å². The van der Waals surface area contributed by atoms with Gasteiger partial charge in [0.2, 0.25) is 0 Å². The fraction of sp³-hybridized carbons (Fsp3) is 0.778. The van der Waals surface area contributed by atoms with Crippen molar-refractivity contribution in [3.05, 3.63) is 17.5 Å². The van der Waals surface area contributed by atoms with Crippen LogP contribution in [0, 0.1) is 19.3 Å². The molecule has 1 N–H and O–H groups in total. The van der Waals surface area contributed by atoms with Gasteiger partial charge in [-0.15, -0.1) is 0 Å². The number of hydrogen-bond acceptors (Lipinski definition) is 3. The van der Waals surface area contributed by atoms with E-state index in [4.69, 9.17) is 9.73 Å². The van der Waals surface area contributed by atoms with E-state index in [2.05, 4.69) is 39.9 Å². The van der Waals surface area contributed by atoms with Gasteiger partial charge in [0.05, 0.1) is 12.3 Å². The van der Waals surface area contributed by atoms with Crippen LogP contribution < -0.4 is 5.32 Å². The Morgan fingerprint density at radius 3 is 2.96 bits per heavy atom. The van der Waals surface area contributed by atoms with Crippen LogP contribution >= 0.6 is 0 Å². The molecule has 24 heavy (non-hydrogen) atoms. The van der Waals surface area contributed by atoms with Crippen molar-refractivity contribution in [2.45, 2.75) is 46.6 Å². The van der Waals surface area contributed by atoms with Gasteiger partial charge in [-0.3, -0.25) is 9.67 Å². The van der Waals surface area contributed by atoms with Crippen molar-refractivity contribution in [1.29, 1.82) is 0 Å². The lowest BCUT2D eigenvalue weighted by Crippen LogP contribution is -2.41. The minimum atomic E-state index is 0.375. The number of likely N-dealkylation sites (tertiary alicyclic amines) is 1. The van der Waals surface area contributed by atoms with Gasteiger partial charge < -0.3 is 15.0 Å². The predicted octanol–water partition coefficient (Wildman–Crippen LogP) is 1.97. The summed E-state index contributed by atoms with van der Waals surface area (Å²) in [5.41, 5.74) is 2.69. The van der Waals surface area contributed by atoms with Crippen molar-refractivity contribution in [2.75, 3.05) is 39.4 Å². The van der Waals surface area contributed by atoms with Crippen molar-refractivity contribution in [2.24, 2.45) is 10.4 Å². The smallest absolute Gasteiger partial charge is 0.193 e. The van der Waals surface area contributed by atoms with Crippen LogP contribution in [0.2, 0.25) is 0 Å². The number of guanidine groups is 1. The monoisotopic (exact) mass is 333 g/mol. The first-order valence-corrected chi connectivity index (χ1v) is 9.24. The Labute approximate surface area is 145 Å².